The van der Waals surface area contributed by atoms with Crippen molar-refractivity contribution < 1.29 is 9.53 Å². The number of hydrogen-bond donors (Lipinski definition) is 1. The van der Waals surface area contributed by atoms with Crippen molar-refractivity contribution in [1.29, 1.82) is 0 Å². The number of carbonyl (C=O) groups is 1. The molecule has 25 heavy (non-hydrogen) atoms. The van der Waals surface area contributed by atoms with E-state index >= 15 is 0 Å². The van der Waals surface area contributed by atoms with Gasteiger partial charge in [-0.1, -0.05) is 30.3 Å². The van der Waals surface area contributed by atoms with Crippen LogP contribution >= 0.6 is 11.8 Å². The number of carbonyl (C=O) groups excluding carboxylic acids is 1. The first-order valence-corrected chi connectivity index (χ1v) is 9.50. The van der Waals surface area contributed by atoms with Crippen molar-refractivity contribution >= 4 is 17.7 Å². The molecule has 2 aromatic carbocycles. The SMILES string of the molecule is COc1ccc(SCCC(=O)N(CCN)CCc2ccccc2)cc1. The van der Waals surface area contributed by atoms with E-state index in [0.29, 0.717) is 26.1 Å². The summed E-state index contributed by atoms with van der Waals surface area (Å²) in [6.45, 7) is 1.82. The minimum atomic E-state index is 0.169. The van der Waals surface area contributed by atoms with Crippen molar-refractivity contribution in [1.82, 2.24) is 4.90 Å². The maximum atomic E-state index is 12.5. The van der Waals surface area contributed by atoms with Crippen molar-refractivity contribution in [3.8, 4) is 5.75 Å². The van der Waals surface area contributed by atoms with Crippen molar-refractivity contribution in [2.24, 2.45) is 5.73 Å². The number of benzene rings is 2. The van der Waals surface area contributed by atoms with E-state index in [1.165, 1.54) is 5.56 Å². The lowest BCUT2D eigenvalue weighted by Gasteiger charge is -2.22. The molecule has 2 N–H and O–H groups in total. The molecule has 4 nitrogen and oxygen atoms in total. The molecule has 0 saturated carbocycles. The van der Waals surface area contributed by atoms with E-state index in [-0.39, 0.29) is 5.91 Å². The zero-order valence-electron chi connectivity index (χ0n) is 14.7. The standard InChI is InChI=1S/C20H26N2O2S/c1-24-18-7-9-19(10-8-18)25-16-12-20(23)22(15-13-21)14-11-17-5-3-2-4-6-17/h2-10H,11-16,21H2,1H3. The van der Waals surface area contributed by atoms with Crippen LogP contribution in [-0.4, -0.2) is 43.3 Å². The number of nitrogens with zero attached hydrogens (tertiary/aromatic N) is 1. The van der Waals surface area contributed by atoms with Crippen LogP contribution in [0.15, 0.2) is 59.5 Å². The molecule has 5 heteroatoms. The van der Waals surface area contributed by atoms with Crippen LogP contribution in [0.3, 0.4) is 0 Å². The predicted molar refractivity (Wildman–Crippen MR) is 104 cm³/mol. The van der Waals surface area contributed by atoms with Crippen molar-refractivity contribution in [2.75, 3.05) is 32.5 Å². The second-order valence-corrected chi connectivity index (χ2v) is 6.85. The maximum absolute atomic E-state index is 12.5. The normalized spacial score (nSPS) is 10.5. The minimum absolute atomic E-state index is 0.169. The highest BCUT2D eigenvalue weighted by atomic mass is 32.2. The van der Waals surface area contributed by atoms with Crippen LogP contribution < -0.4 is 10.5 Å². The fraction of sp³-hybridized carbons (Fsp3) is 0.350. The summed E-state index contributed by atoms with van der Waals surface area (Å²) in [7, 11) is 1.66. The molecular formula is C20H26N2O2S. The Hall–Kier alpha value is -1.98. The fourth-order valence-corrected chi connectivity index (χ4v) is 3.35. The largest absolute Gasteiger partial charge is 0.497 e. The molecule has 0 bridgehead atoms. The Morgan fingerprint density at radius 2 is 1.80 bits per heavy atom. The molecule has 0 unspecified atom stereocenters. The highest BCUT2D eigenvalue weighted by Gasteiger charge is 2.12. The highest BCUT2D eigenvalue weighted by molar-refractivity contribution is 7.99. The Morgan fingerprint density at radius 1 is 1.08 bits per heavy atom. The third-order valence-electron chi connectivity index (χ3n) is 3.91. The Kier molecular flexibility index (Phi) is 8.35. The van der Waals surface area contributed by atoms with Gasteiger partial charge in [-0.3, -0.25) is 4.79 Å². The lowest BCUT2D eigenvalue weighted by molar-refractivity contribution is -0.130. The average molecular weight is 359 g/mol. The maximum Gasteiger partial charge on any atom is 0.223 e. The Labute approximate surface area is 154 Å². The van der Waals surface area contributed by atoms with Gasteiger partial charge in [-0.15, -0.1) is 11.8 Å². The molecule has 0 spiro atoms. The molecule has 0 heterocycles. The predicted octanol–water partition coefficient (Wildman–Crippen LogP) is 3.21. The van der Waals surface area contributed by atoms with Gasteiger partial charge in [-0.2, -0.15) is 0 Å². The van der Waals surface area contributed by atoms with Gasteiger partial charge in [-0.05, 0) is 36.2 Å². The number of methoxy groups -OCH3 is 1. The third-order valence-corrected chi connectivity index (χ3v) is 4.92. The zero-order chi connectivity index (χ0) is 17.9. The molecule has 0 radical (unpaired) electrons. The Balaban J connectivity index is 1.78. The first-order chi connectivity index (χ1) is 12.2. The minimum Gasteiger partial charge on any atom is -0.497 e. The van der Waals surface area contributed by atoms with E-state index in [9.17, 15) is 4.79 Å². The molecule has 0 aromatic heterocycles. The number of hydrogen-bond acceptors (Lipinski definition) is 4. The molecule has 1 amide bonds. The van der Waals surface area contributed by atoms with E-state index in [2.05, 4.69) is 12.1 Å². The molecular weight excluding hydrogens is 332 g/mol. The third kappa shape index (κ3) is 6.80. The van der Waals surface area contributed by atoms with Crippen LogP contribution in [0, 0.1) is 0 Å². The van der Waals surface area contributed by atoms with E-state index in [0.717, 1.165) is 22.8 Å². The van der Waals surface area contributed by atoms with Gasteiger partial charge in [0.15, 0.2) is 0 Å². The van der Waals surface area contributed by atoms with E-state index in [4.69, 9.17) is 10.5 Å². The summed E-state index contributed by atoms with van der Waals surface area (Å²) < 4.78 is 5.15. The monoisotopic (exact) mass is 358 g/mol. The van der Waals surface area contributed by atoms with Crippen LogP contribution in [0.4, 0.5) is 0 Å². The van der Waals surface area contributed by atoms with Crippen LogP contribution in [0.2, 0.25) is 0 Å². The number of nitrogens with two attached hydrogens (primary N) is 1. The zero-order valence-corrected chi connectivity index (χ0v) is 15.5. The van der Waals surface area contributed by atoms with E-state index in [1.54, 1.807) is 18.9 Å². The molecule has 0 aliphatic carbocycles. The number of amides is 1. The molecule has 2 aromatic rings. The Bertz CT molecular complexity index is 632. The topological polar surface area (TPSA) is 55.6 Å². The fourth-order valence-electron chi connectivity index (χ4n) is 2.51. The summed E-state index contributed by atoms with van der Waals surface area (Å²) in [5.74, 6) is 1.77. The van der Waals surface area contributed by atoms with Crippen LogP contribution in [0.25, 0.3) is 0 Å². The van der Waals surface area contributed by atoms with Gasteiger partial charge in [0.2, 0.25) is 5.91 Å². The summed E-state index contributed by atoms with van der Waals surface area (Å²) in [6.07, 6.45) is 1.38. The van der Waals surface area contributed by atoms with Crippen LogP contribution in [0.5, 0.6) is 5.75 Å². The van der Waals surface area contributed by atoms with Crippen LogP contribution in [0.1, 0.15) is 12.0 Å². The summed E-state index contributed by atoms with van der Waals surface area (Å²) in [4.78, 5) is 15.5. The second-order valence-electron chi connectivity index (χ2n) is 5.68. The van der Waals surface area contributed by atoms with Gasteiger partial charge in [-0.25, -0.2) is 0 Å². The van der Waals surface area contributed by atoms with E-state index in [1.807, 2.05) is 47.4 Å². The van der Waals surface area contributed by atoms with Gasteiger partial charge < -0.3 is 15.4 Å². The molecule has 0 fully saturated rings. The van der Waals surface area contributed by atoms with Crippen molar-refractivity contribution in [2.45, 2.75) is 17.7 Å². The molecule has 0 aliphatic heterocycles. The van der Waals surface area contributed by atoms with E-state index < -0.39 is 0 Å². The highest BCUT2D eigenvalue weighted by Crippen LogP contribution is 2.22. The summed E-state index contributed by atoms with van der Waals surface area (Å²) >= 11 is 1.68. The summed E-state index contributed by atoms with van der Waals surface area (Å²) in [5, 5.41) is 0. The number of thioether (sulfide) groups is 1. The quantitative estimate of drug-likeness (QED) is 0.663. The summed E-state index contributed by atoms with van der Waals surface area (Å²) in [5.41, 5.74) is 6.91. The number of rotatable bonds is 10. The van der Waals surface area contributed by atoms with Gasteiger partial charge in [0.25, 0.3) is 0 Å². The molecule has 0 saturated heterocycles. The van der Waals surface area contributed by atoms with Crippen LogP contribution in [-0.2, 0) is 11.2 Å². The second kappa shape index (κ2) is 10.8. The molecule has 134 valence electrons. The van der Waals surface area contributed by atoms with Gasteiger partial charge in [0.1, 0.15) is 5.75 Å². The van der Waals surface area contributed by atoms with Gasteiger partial charge >= 0.3 is 0 Å². The first-order valence-electron chi connectivity index (χ1n) is 8.51. The van der Waals surface area contributed by atoms with Crippen molar-refractivity contribution in [3.05, 3.63) is 60.2 Å². The average Bonchev–Trinajstić information content (AvgIpc) is 2.66. The van der Waals surface area contributed by atoms with Crippen molar-refractivity contribution in [3.63, 3.8) is 0 Å². The number of ether oxygens (including phenoxy) is 1. The molecule has 2 rings (SSSR count). The Morgan fingerprint density at radius 3 is 2.44 bits per heavy atom. The lowest BCUT2D eigenvalue weighted by Crippen LogP contribution is -2.37. The summed E-state index contributed by atoms with van der Waals surface area (Å²) in [6, 6.07) is 18.1. The smallest absolute Gasteiger partial charge is 0.223 e. The van der Waals surface area contributed by atoms with Gasteiger partial charge in [0, 0.05) is 36.7 Å². The van der Waals surface area contributed by atoms with Gasteiger partial charge in [0.05, 0.1) is 7.11 Å². The lowest BCUT2D eigenvalue weighted by atomic mass is 10.1. The molecule has 0 atom stereocenters. The molecule has 0 aliphatic rings. The first kappa shape index (κ1) is 19.3.